The monoisotopic (exact) mass is 235 g/mol. The van der Waals surface area contributed by atoms with Gasteiger partial charge in [0.15, 0.2) is 0 Å². The first-order valence-electron chi connectivity index (χ1n) is 5.69. The van der Waals surface area contributed by atoms with Crippen LogP contribution in [-0.2, 0) is 13.2 Å². The third kappa shape index (κ3) is 1.98. The first kappa shape index (κ1) is 11.9. The molecule has 0 atom stereocenters. The Labute approximate surface area is 100 Å². The van der Waals surface area contributed by atoms with E-state index in [1.165, 1.54) is 0 Å². The molecule has 0 saturated heterocycles. The fourth-order valence-corrected chi connectivity index (χ4v) is 1.85. The quantitative estimate of drug-likeness (QED) is 0.808. The van der Waals surface area contributed by atoms with Crippen molar-refractivity contribution in [2.24, 2.45) is 0 Å². The third-order valence-electron chi connectivity index (χ3n) is 3.15. The summed E-state index contributed by atoms with van der Waals surface area (Å²) < 4.78 is 0. The molecule has 0 spiro atoms. The molecule has 2 rings (SSSR count). The fraction of sp³-hybridized carbons (Fsp3) is 0.500. The molecule has 2 heterocycles. The van der Waals surface area contributed by atoms with E-state index in [1.807, 2.05) is 25.8 Å². The minimum Gasteiger partial charge on any atom is -0.390 e. The maximum Gasteiger partial charge on any atom is 0.252 e. The van der Waals surface area contributed by atoms with Gasteiger partial charge in [0.25, 0.3) is 5.91 Å². The Morgan fingerprint density at radius 3 is 2.88 bits per heavy atom. The minimum atomic E-state index is -0.142. The van der Waals surface area contributed by atoms with Crippen LogP contribution in [0.3, 0.4) is 0 Å². The van der Waals surface area contributed by atoms with Crippen LogP contribution in [0.15, 0.2) is 6.07 Å². The number of fused-ring (bicyclic) bond motifs is 1. The van der Waals surface area contributed by atoms with Crippen molar-refractivity contribution in [3.63, 3.8) is 0 Å². The average Bonchev–Trinajstić information content (AvgIpc) is 2.69. The maximum absolute atomic E-state index is 11.6. The number of pyridine rings is 1. The SMILES string of the molecule is CC(C)N(C)c1cc2c(c(CO)n1)CNC2=O. The van der Waals surface area contributed by atoms with Gasteiger partial charge < -0.3 is 15.3 Å². The van der Waals surface area contributed by atoms with Crippen molar-refractivity contribution in [3.8, 4) is 0 Å². The van der Waals surface area contributed by atoms with Gasteiger partial charge in [-0.2, -0.15) is 0 Å². The van der Waals surface area contributed by atoms with Crippen LogP contribution in [0.4, 0.5) is 5.82 Å². The number of anilines is 1. The third-order valence-corrected chi connectivity index (χ3v) is 3.15. The Balaban J connectivity index is 2.50. The molecule has 1 aliphatic rings. The van der Waals surface area contributed by atoms with E-state index in [9.17, 15) is 9.90 Å². The molecule has 1 aromatic rings. The smallest absolute Gasteiger partial charge is 0.252 e. The molecular weight excluding hydrogens is 218 g/mol. The predicted octanol–water partition coefficient (Wildman–Crippen LogP) is 0.662. The van der Waals surface area contributed by atoms with Gasteiger partial charge in [-0.1, -0.05) is 0 Å². The second kappa shape index (κ2) is 4.33. The molecule has 5 heteroatoms. The van der Waals surface area contributed by atoms with Crippen LogP contribution in [0, 0.1) is 0 Å². The van der Waals surface area contributed by atoms with Crippen molar-refractivity contribution >= 4 is 11.7 Å². The summed E-state index contributed by atoms with van der Waals surface area (Å²) in [6.07, 6.45) is 0. The summed E-state index contributed by atoms with van der Waals surface area (Å²) in [6.45, 7) is 4.42. The molecule has 0 aromatic carbocycles. The van der Waals surface area contributed by atoms with Crippen LogP contribution in [-0.4, -0.2) is 29.1 Å². The fourth-order valence-electron chi connectivity index (χ4n) is 1.85. The molecule has 5 nitrogen and oxygen atoms in total. The van der Waals surface area contributed by atoms with Crippen LogP contribution >= 0.6 is 0 Å². The number of aliphatic hydroxyl groups excluding tert-OH is 1. The molecule has 1 aromatic heterocycles. The van der Waals surface area contributed by atoms with Gasteiger partial charge >= 0.3 is 0 Å². The van der Waals surface area contributed by atoms with Gasteiger partial charge in [0, 0.05) is 30.8 Å². The molecule has 0 radical (unpaired) electrons. The topological polar surface area (TPSA) is 65.5 Å². The van der Waals surface area contributed by atoms with Gasteiger partial charge in [0.1, 0.15) is 5.82 Å². The van der Waals surface area contributed by atoms with Crippen LogP contribution in [0.5, 0.6) is 0 Å². The molecule has 0 bridgehead atoms. The second-order valence-corrected chi connectivity index (χ2v) is 4.50. The maximum atomic E-state index is 11.6. The number of carbonyl (C=O) groups is 1. The number of nitrogens with zero attached hydrogens (tertiary/aromatic N) is 2. The van der Waals surface area contributed by atoms with Crippen LogP contribution in [0.1, 0.15) is 35.5 Å². The van der Waals surface area contributed by atoms with Crippen LogP contribution in [0.25, 0.3) is 0 Å². The largest absolute Gasteiger partial charge is 0.390 e. The summed E-state index contributed by atoms with van der Waals surface area (Å²) in [5, 5.41) is 12.1. The zero-order valence-electron chi connectivity index (χ0n) is 10.3. The van der Waals surface area contributed by atoms with Crippen molar-refractivity contribution in [2.45, 2.75) is 33.0 Å². The van der Waals surface area contributed by atoms with Crippen LogP contribution in [0.2, 0.25) is 0 Å². The molecule has 0 saturated carbocycles. The number of aromatic nitrogens is 1. The standard InChI is InChI=1S/C12H17N3O2/c1-7(2)15(3)11-4-8-9(5-13-12(8)17)10(6-16)14-11/h4,7,16H,5-6H2,1-3H3,(H,13,17). The van der Waals surface area contributed by atoms with E-state index < -0.39 is 0 Å². The van der Waals surface area contributed by atoms with E-state index in [4.69, 9.17) is 0 Å². The Bertz CT molecular complexity index is 457. The normalized spacial score (nSPS) is 13.8. The van der Waals surface area contributed by atoms with E-state index in [0.717, 1.165) is 11.4 Å². The summed E-state index contributed by atoms with van der Waals surface area (Å²) >= 11 is 0. The van der Waals surface area contributed by atoms with Gasteiger partial charge in [0.05, 0.1) is 12.3 Å². The summed E-state index contributed by atoms with van der Waals surface area (Å²) in [7, 11) is 1.92. The lowest BCUT2D eigenvalue weighted by molar-refractivity contribution is 0.0965. The highest BCUT2D eigenvalue weighted by molar-refractivity contribution is 5.99. The summed E-state index contributed by atoms with van der Waals surface area (Å²) in [5.74, 6) is 0.635. The zero-order valence-corrected chi connectivity index (χ0v) is 10.3. The van der Waals surface area contributed by atoms with Gasteiger partial charge in [-0.25, -0.2) is 4.98 Å². The Kier molecular flexibility index (Phi) is 3.02. The van der Waals surface area contributed by atoms with E-state index in [1.54, 1.807) is 6.07 Å². The summed E-state index contributed by atoms with van der Waals surface area (Å²) in [6, 6.07) is 2.08. The van der Waals surface area contributed by atoms with Crippen molar-refractivity contribution in [1.82, 2.24) is 10.3 Å². The van der Waals surface area contributed by atoms with Gasteiger partial charge in [-0.15, -0.1) is 0 Å². The van der Waals surface area contributed by atoms with Gasteiger partial charge in [-0.3, -0.25) is 4.79 Å². The van der Waals surface area contributed by atoms with Crippen LogP contribution < -0.4 is 10.2 Å². The lowest BCUT2D eigenvalue weighted by Gasteiger charge is -2.23. The predicted molar refractivity (Wildman–Crippen MR) is 64.9 cm³/mol. The zero-order chi connectivity index (χ0) is 12.6. The number of hydrogen-bond donors (Lipinski definition) is 2. The van der Waals surface area contributed by atoms with Gasteiger partial charge in [-0.05, 0) is 19.9 Å². The molecular formula is C12H17N3O2. The number of nitrogens with one attached hydrogen (secondary N) is 1. The lowest BCUT2D eigenvalue weighted by atomic mass is 10.1. The van der Waals surface area contributed by atoms with E-state index in [-0.39, 0.29) is 18.6 Å². The number of amides is 1. The highest BCUT2D eigenvalue weighted by Crippen LogP contribution is 2.24. The Morgan fingerprint density at radius 1 is 1.59 bits per heavy atom. The summed E-state index contributed by atoms with van der Waals surface area (Å²) in [5.41, 5.74) is 2.04. The van der Waals surface area contributed by atoms with Gasteiger partial charge in [0.2, 0.25) is 0 Å². The highest BCUT2D eigenvalue weighted by Gasteiger charge is 2.24. The van der Waals surface area contributed by atoms with E-state index in [2.05, 4.69) is 10.3 Å². The first-order chi connectivity index (χ1) is 8.04. The lowest BCUT2D eigenvalue weighted by Crippen LogP contribution is -2.27. The van der Waals surface area contributed by atoms with Crippen molar-refractivity contribution in [3.05, 3.63) is 22.9 Å². The number of aliphatic hydroxyl groups is 1. The molecule has 92 valence electrons. The summed E-state index contributed by atoms with van der Waals surface area (Å²) in [4.78, 5) is 18.0. The van der Waals surface area contributed by atoms with E-state index >= 15 is 0 Å². The number of rotatable bonds is 3. The van der Waals surface area contributed by atoms with Crippen molar-refractivity contribution in [2.75, 3.05) is 11.9 Å². The van der Waals surface area contributed by atoms with Crippen molar-refractivity contribution < 1.29 is 9.90 Å². The highest BCUT2D eigenvalue weighted by atomic mass is 16.3. The minimum absolute atomic E-state index is 0.0875. The van der Waals surface area contributed by atoms with E-state index in [0.29, 0.717) is 17.8 Å². The molecule has 1 amide bonds. The second-order valence-electron chi connectivity index (χ2n) is 4.50. The number of hydrogen-bond acceptors (Lipinski definition) is 4. The molecule has 1 aliphatic heterocycles. The molecule has 0 aliphatic carbocycles. The molecule has 2 N–H and O–H groups in total. The Hall–Kier alpha value is -1.62. The van der Waals surface area contributed by atoms with Crippen molar-refractivity contribution in [1.29, 1.82) is 0 Å². The molecule has 17 heavy (non-hydrogen) atoms. The number of carbonyl (C=O) groups excluding carboxylic acids is 1. The average molecular weight is 235 g/mol. The molecule has 0 fully saturated rings. The molecule has 0 unspecified atom stereocenters. The Morgan fingerprint density at radius 2 is 2.29 bits per heavy atom. The first-order valence-corrected chi connectivity index (χ1v) is 5.69.